The summed E-state index contributed by atoms with van der Waals surface area (Å²) in [6.45, 7) is -0.450. The van der Waals surface area contributed by atoms with E-state index in [-0.39, 0.29) is 0 Å². The maximum absolute atomic E-state index is 10.4. The number of ether oxygens (including phenoxy) is 1. The summed E-state index contributed by atoms with van der Waals surface area (Å²) in [4.78, 5) is 1.41. The lowest BCUT2D eigenvalue weighted by molar-refractivity contribution is -0.231. The second-order valence-corrected chi connectivity index (χ2v) is 7.47. The van der Waals surface area contributed by atoms with Crippen molar-refractivity contribution in [2.75, 3.05) is 6.61 Å². The van der Waals surface area contributed by atoms with E-state index in [1.54, 1.807) is 13.1 Å². The van der Waals surface area contributed by atoms with Crippen LogP contribution >= 0.6 is 0 Å². The lowest BCUT2D eigenvalue weighted by Gasteiger charge is -2.40. The van der Waals surface area contributed by atoms with Crippen molar-refractivity contribution in [1.29, 1.82) is 0 Å². The van der Waals surface area contributed by atoms with Crippen LogP contribution in [-0.2, 0) is 18.2 Å². The first-order chi connectivity index (χ1) is 14.5. The fourth-order valence-corrected chi connectivity index (χ4v) is 3.66. The smallest absolute Gasteiger partial charge is 0.204 e. The molecule has 2 heterocycles. The molecule has 0 aliphatic carbocycles. The van der Waals surface area contributed by atoms with E-state index in [0.717, 1.165) is 16.7 Å². The molecule has 5 atom stereocenters. The van der Waals surface area contributed by atoms with Gasteiger partial charge in [-0.3, -0.25) is 0 Å². The number of aromatic nitrogens is 4. The standard InChI is InChI=1S/C21H24N4O5/c1-25-23-21(22-24-25)14-7-5-12(6-8-14)9-13-3-2-4-15(10-13)20-19(29)18(28)17(27)16(11-26)30-20/h2-8,10,16-20,26-29H,9,11H2,1H3/t16-,17-,18+,19-,20+/m1/s1. The van der Waals surface area contributed by atoms with Crippen molar-refractivity contribution in [2.24, 2.45) is 7.05 Å². The van der Waals surface area contributed by atoms with Crippen molar-refractivity contribution in [3.05, 3.63) is 65.2 Å². The van der Waals surface area contributed by atoms with Gasteiger partial charge in [0.15, 0.2) is 0 Å². The molecule has 2 aromatic carbocycles. The summed E-state index contributed by atoms with van der Waals surface area (Å²) >= 11 is 0. The quantitative estimate of drug-likeness (QED) is 0.460. The number of tetrazole rings is 1. The highest BCUT2D eigenvalue weighted by Gasteiger charge is 2.43. The largest absolute Gasteiger partial charge is 0.394 e. The highest BCUT2D eigenvalue weighted by Crippen LogP contribution is 2.33. The molecule has 1 aromatic heterocycles. The molecule has 9 heteroatoms. The number of rotatable bonds is 5. The molecule has 4 rings (SSSR count). The Morgan fingerprint density at radius 1 is 0.967 bits per heavy atom. The van der Waals surface area contributed by atoms with Crippen molar-refractivity contribution >= 4 is 0 Å². The van der Waals surface area contributed by atoms with Crippen molar-refractivity contribution < 1.29 is 25.2 Å². The van der Waals surface area contributed by atoms with Gasteiger partial charge in [0, 0.05) is 5.56 Å². The molecule has 0 radical (unpaired) electrons. The van der Waals surface area contributed by atoms with E-state index < -0.39 is 37.1 Å². The molecule has 1 fully saturated rings. The summed E-state index contributed by atoms with van der Waals surface area (Å²) < 4.78 is 5.66. The molecule has 30 heavy (non-hydrogen) atoms. The van der Waals surface area contributed by atoms with Crippen LogP contribution in [0.5, 0.6) is 0 Å². The molecule has 0 saturated carbocycles. The highest BCUT2D eigenvalue weighted by molar-refractivity contribution is 5.54. The topological polar surface area (TPSA) is 134 Å². The Morgan fingerprint density at radius 3 is 2.40 bits per heavy atom. The van der Waals surface area contributed by atoms with Crippen molar-refractivity contribution in [3.8, 4) is 11.4 Å². The molecule has 1 saturated heterocycles. The van der Waals surface area contributed by atoms with E-state index in [1.807, 2.05) is 42.5 Å². The molecule has 0 bridgehead atoms. The fourth-order valence-electron chi connectivity index (χ4n) is 3.66. The van der Waals surface area contributed by atoms with E-state index in [9.17, 15) is 20.4 Å². The summed E-state index contributed by atoms with van der Waals surface area (Å²) in [5, 5.41) is 51.8. The first kappa shape index (κ1) is 20.6. The van der Waals surface area contributed by atoms with Crippen molar-refractivity contribution in [3.63, 3.8) is 0 Å². The minimum absolute atomic E-state index is 0.450. The van der Waals surface area contributed by atoms with Crippen LogP contribution in [-0.4, -0.2) is 71.7 Å². The van der Waals surface area contributed by atoms with Crippen LogP contribution in [0.15, 0.2) is 48.5 Å². The molecule has 4 N–H and O–H groups in total. The van der Waals surface area contributed by atoms with Gasteiger partial charge in [0.25, 0.3) is 0 Å². The summed E-state index contributed by atoms with van der Waals surface area (Å²) in [6, 6.07) is 15.4. The third kappa shape index (κ3) is 4.11. The molecule has 1 aliphatic heterocycles. The van der Waals surface area contributed by atoms with Gasteiger partial charge in [-0.25, -0.2) is 0 Å². The molecular formula is C21H24N4O5. The normalized spacial score (nSPS) is 26.6. The second kappa shape index (κ2) is 8.58. The van der Waals surface area contributed by atoms with E-state index in [2.05, 4.69) is 15.4 Å². The van der Waals surface area contributed by atoms with Gasteiger partial charge < -0.3 is 25.2 Å². The Hall–Kier alpha value is -2.69. The predicted octanol–water partition coefficient (Wildman–Crippen LogP) is -0.0172. The van der Waals surface area contributed by atoms with Gasteiger partial charge >= 0.3 is 0 Å². The molecule has 9 nitrogen and oxygen atoms in total. The Balaban J connectivity index is 1.51. The van der Waals surface area contributed by atoms with Crippen LogP contribution in [0.1, 0.15) is 22.8 Å². The van der Waals surface area contributed by atoms with Gasteiger partial charge in [0.2, 0.25) is 5.82 Å². The number of hydrogen-bond acceptors (Lipinski definition) is 8. The molecule has 0 amide bonds. The minimum atomic E-state index is -1.40. The number of aliphatic hydroxyl groups is 4. The third-order valence-electron chi connectivity index (χ3n) is 5.30. The second-order valence-electron chi connectivity index (χ2n) is 7.47. The Labute approximate surface area is 173 Å². The fraction of sp³-hybridized carbons (Fsp3) is 0.381. The molecule has 158 valence electrons. The number of benzene rings is 2. The van der Waals surface area contributed by atoms with Crippen LogP contribution < -0.4 is 0 Å². The van der Waals surface area contributed by atoms with Crippen LogP contribution in [0.3, 0.4) is 0 Å². The van der Waals surface area contributed by atoms with E-state index in [0.29, 0.717) is 17.8 Å². The van der Waals surface area contributed by atoms with Crippen LogP contribution in [0.2, 0.25) is 0 Å². The van der Waals surface area contributed by atoms with Crippen LogP contribution in [0.25, 0.3) is 11.4 Å². The zero-order chi connectivity index (χ0) is 21.3. The van der Waals surface area contributed by atoms with Gasteiger partial charge in [0.05, 0.1) is 13.7 Å². The summed E-state index contributed by atoms with van der Waals surface area (Å²) in [6.07, 6.45) is -5.18. The lowest BCUT2D eigenvalue weighted by Crippen LogP contribution is -2.55. The number of aliphatic hydroxyl groups excluding tert-OH is 4. The van der Waals surface area contributed by atoms with Gasteiger partial charge in [-0.2, -0.15) is 4.80 Å². The SMILES string of the molecule is Cn1nnc(-c2ccc(Cc3cccc([C@@H]4O[C@H](CO)[C@@H](O)[C@H](O)[C@H]4O)c3)cc2)n1. The molecular weight excluding hydrogens is 388 g/mol. The third-order valence-corrected chi connectivity index (χ3v) is 5.30. The zero-order valence-electron chi connectivity index (χ0n) is 16.4. The number of hydrogen-bond donors (Lipinski definition) is 4. The van der Waals surface area contributed by atoms with E-state index in [1.165, 1.54) is 4.80 Å². The Bertz CT molecular complexity index is 991. The minimum Gasteiger partial charge on any atom is -0.394 e. The van der Waals surface area contributed by atoms with E-state index >= 15 is 0 Å². The summed E-state index contributed by atoms with van der Waals surface area (Å²) in [7, 11) is 1.72. The first-order valence-electron chi connectivity index (χ1n) is 9.69. The number of aryl methyl sites for hydroxylation is 1. The van der Waals surface area contributed by atoms with Crippen LogP contribution in [0.4, 0.5) is 0 Å². The Kier molecular flexibility index (Phi) is 5.89. The van der Waals surface area contributed by atoms with Gasteiger partial charge in [0.1, 0.15) is 30.5 Å². The van der Waals surface area contributed by atoms with Crippen molar-refractivity contribution in [2.45, 2.75) is 36.9 Å². The molecule has 0 spiro atoms. The zero-order valence-corrected chi connectivity index (χ0v) is 16.4. The lowest BCUT2D eigenvalue weighted by atomic mass is 9.90. The average molecular weight is 412 g/mol. The van der Waals surface area contributed by atoms with E-state index in [4.69, 9.17) is 4.74 Å². The van der Waals surface area contributed by atoms with Gasteiger partial charge in [-0.1, -0.05) is 48.5 Å². The van der Waals surface area contributed by atoms with Gasteiger partial charge in [-0.05, 0) is 28.3 Å². The predicted molar refractivity (Wildman–Crippen MR) is 106 cm³/mol. The monoisotopic (exact) mass is 412 g/mol. The van der Waals surface area contributed by atoms with Crippen LogP contribution in [0, 0.1) is 0 Å². The highest BCUT2D eigenvalue weighted by atomic mass is 16.5. The maximum Gasteiger partial charge on any atom is 0.204 e. The van der Waals surface area contributed by atoms with Gasteiger partial charge in [-0.15, -0.1) is 10.2 Å². The number of nitrogens with zero attached hydrogens (tertiary/aromatic N) is 4. The maximum atomic E-state index is 10.4. The summed E-state index contributed by atoms with van der Waals surface area (Å²) in [5.41, 5.74) is 3.62. The Morgan fingerprint density at radius 2 is 1.73 bits per heavy atom. The first-order valence-corrected chi connectivity index (χ1v) is 9.69. The summed E-state index contributed by atoms with van der Waals surface area (Å²) in [5.74, 6) is 0.564. The molecule has 1 aliphatic rings. The molecule has 0 unspecified atom stereocenters. The average Bonchev–Trinajstić information content (AvgIpc) is 3.19. The molecule has 3 aromatic rings. The van der Waals surface area contributed by atoms with Crippen molar-refractivity contribution in [1.82, 2.24) is 20.2 Å².